The molecule has 2 atom stereocenters. The maximum Gasteiger partial charge on any atom is 0.335 e. The molecule has 0 spiro atoms. The summed E-state index contributed by atoms with van der Waals surface area (Å²) in [6, 6.07) is 5.31. The average molecular weight is 245 g/mol. The minimum atomic E-state index is -0.913. The number of hydrogen-bond donors (Lipinski definition) is 1. The van der Waals surface area contributed by atoms with E-state index in [0.717, 1.165) is 17.5 Å². The summed E-state index contributed by atoms with van der Waals surface area (Å²) in [5.74, 6) is -0.340. The molecule has 3 rings (SSSR count). The second-order valence-electron chi connectivity index (χ2n) is 5.02. The molecule has 2 unspecified atom stereocenters. The molecule has 18 heavy (non-hydrogen) atoms. The Labute approximate surface area is 104 Å². The molecule has 1 saturated carbocycles. The van der Waals surface area contributed by atoms with Crippen molar-refractivity contribution in [1.29, 1.82) is 0 Å². The maximum absolute atomic E-state index is 11.0. The predicted octanol–water partition coefficient (Wildman–Crippen LogP) is 2.49. The zero-order chi connectivity index (χ0) is 12.7. The Balaban J connectivity index is 2.11. The van der Waals surface area contributed by atoms with Crippen LogP contribution in [0, 0.1) is 5.92 Å². The van der Waals surface area contributed by atoms with Gasteiger partial charge >= 0.3 is 5.97 Å². The summed E-state index contributed by atoms with van der Waals surface area (Å²) in [5, 5.41) is 17.4. The largest absolute Gasteiger partial charge is 0.478 e. The van der Waals surface area contributed by atoms with E-state index in [2.05, 4.69) is 17.2 Å². The predicted molar refractivity (Wildman–Crippen MR) is 66.5 cm³/mol. The third-order valence-corrected chi connectivity index (χ3v) is 3.85. The summed E-state index contributed by atoms with van der Waals surface area (Å²) < 4.78 is 1.90. The number of carboxylic acids is 1. The number of aromatic nitrogens is 3. The fraction of sp³-hybridized carbons (Fsp3) is 0.462. The van der Waals surface area contributed by atoms with Gasteiger partial charge < -0.3 is 5.11 Å². The SMILES string of the molecule is CC1CCCC1n1nnc2ccc(C(=O)O)cc21. The smallest absolute Gasteiger partial charge is 0.335 e. The molecule has 0 radical (unpaired) electrons. The summed E-state index contributed by atoms with van der Waals surface area (Å²) in [5.41, 5.74) is 1.88. The lowest BCUT2D eigenvalue weighted by atomic mass is 10.1. The van der Waals surface area contributed by atoms with Crippen LogP contribution in [-0.4, -0.2) is 26.1 Å². The van der Waals surface area contributed by atoms with Crippen molar-refractivity contribution in [3.8, 4) is 0 Å². The average Bonchev–Trinajstić information content (AvgIpc) is 2.93. The molecule has 5 heteroatoms. The van der Waals surface area contributed by atoms with E-state index in [0.29, 0.717) is 12.0 Å². The molecule has 2 aromatic rings. The van der Waals surface area contributed by atoms with Crippen LogP contribution in [0.1, 0.15) is 42.6 Å². The molecule has 0 aliphatic heterocycles. The van der Waals surface area contributed by atoms with Crippen molar-refractivity contribution in [2.45, 2.75) is 32.2 Å². The van der Waals surface area contributed by atoms with E-state index in [1.807, 2.05) is 4.68 Å². The Morgan fingerprint density at radius 3 is 2.94 bits per heavy atom. The Morgan fingerprint density at radius 1 is 1.44 bits per heavy atom. The second kappa shape index (κ2) is 4.08. The molecule has 1 aromatic carbocycles. The van der Waals surface area contributed by atoms with Crippen molar-refractivity contribution in [3.63, 3.8) is 0 Å². The zero-order valence-electron chi connectivity index (χ0n) is 10.2. The molecule has 1 heterocycles. The summed E-state index contributed by atoms with van der Waals surface area (Å²) in [7, 11) is 0. The summed E-state index contributed by atoms with van der Waals surface area (Å²) >= 11 is 0. The molecule has 1 N–H and O–H groups in total. The summed E-state index contributed by atoms with van der Waals surface area (Å²) in [6.45, 7) is 2.21. The van der Waals surface area contributed by atoms with Crippen LogP contribution in [-0.2, 0) is 0 Å². The Hall–Kier alpha value is -1.91. The fourth-order valence-electron chi connectivity index (χ4n) is 2.80. The molecule has 0 saturated heterocycles. The number of carbonyl (C=O) groups is 1. The first-order valence-corrected chi connectivity index (χ1v) is 6.25. The number of aromatic carboxylic acids is 1. The number of benzene rings is 1. The Kier molecular flexibility index (Phi) is 2.54. The molecule has 1 aliphatic rings. The molecule has 1 aromatic heterocycles. The quantitative estimate of drug-likeness (QED) is 0.882. The van der Waals surface area contributed by atoms with Crippen molar-refractivity contribution >= 4 is 17.0 Å². The normalized spacial score (nSPS) is 23.6. The number of nitrogens with zero attached hydrogens (tertiary/aromatic N) is 3. The van der Waals surface area contributed by atoms with Gasteiger partial charge in [0.05, 0.1) is 17.1 Å². The van der Waals surface area contributed by atoms with Crippen LogP contribution >= 0.6 is 0 Å². The Bertz CT molecular complexity index is 605. The number of carboxylic acid groups (broad SMARTS) is 1. The van der Waals surface area contributed by atoms with Crippen molar-refractivity contribution in [2.75, 3.05) is 0 Å². The van der Waals surface area contributed by atoms with Gasteiger partial charge in [-0.2, -0.15) is 0 Å². The van der Waals surface area contributed by atoms with Gasteiger partial charge in [-0.1, -0.05) is 18.6 Å². The first kappa shape index (κ1) is 11.2. The highest BCUT2D eigenvalue weighted by Crippen LogP contribution is 2.36. The molecular weight excluding hydrogens is 230 g/mol. The van der Waals surface area contributed by atoms with Crippen molar-refractivity contribution in [1.82, 2.24) is 15.0 Å². The van der Waals surface area contributed by atoms with E-state index in [9.17, 15) is 4.79 Å². The van der Waals surface area contributed by atoms with Crippen LogP contribution < -0.4 is 0 Å². The first-order chi connectivity index (χ1) is 8.66. The van der Waals surface area contributed by atoms with Gasteiger partial charge in [-0.3, -0.25) is 0 Å². The third kappa shape index (κ3) is 1.66. The lowest BCUT2D eigenvalue weighted by Gasteiger charge is -2.15. The van der Waals surface area contributed by atoms with E-state index >= 15 is 0 Å². The van der Waals surface area contributed by atoms with Gasteiger partial charge in [0, 0.05) is 0 Å². The van der Waals surface area contributed by atoms with E-state index < -0.39 is 5.97 Å². The van der Waals surface area contributed by atoms with Gasteiger partial charge in [-0.05, 0) is 37.0 Å². The molecule has 1 fully saturated rings. The maximum atomic E-state index is 11.0. The second-order valence-corrected chi connectivity index (χ2v) is 5.02. The molecular formula is C13H15N3O2. The van der Waals surface area contributed by atoms with Gasteiger partial charge in [0.1, 0.15) is 5.52 Å². The third-order valence-electron chi connectivity index (χ3n) is 3.85. The van der Waals surface area contributed by atoms with Crippen LogP contribution in [0.2, 0.25) is 0 Å². The van der Waals surface area contributed by atoms with E-state index in [1.54, 1.807) is 18.2 Å². The van der Waals surface area contributed by atoms with E-state index in [-0.39, 0.29) is 5.56 Å². The molecule has 1 aliphatic carbocycles. The number of fused-ring (bicyclic) bond motifs is 1. The van der Waals surface area contributed by atoms with Crippen LogP contribution in [0.5, 0.6) is 0 Å². The minimum absolute atomic E-state index is 0.289. The van der Waals surface area contributed by atoms with Crippen LogP contribution in [0.15, 0.2) is 18.2 Å². The lowest BCUT2D eigenvalue weighted by Crippen LogP contribution is -2.13. The van der Waals surface area contributed by atoms with Crippen molar-refractivity contribution in [3.05, 3.63) is 23.8 Å². The fourth-order valence-corrected chi connectivity index (χ4v) is 2.80. The van der Waals surface area contributed by atoms with Crippen molar-refractivity contribution < 1.29 is 9.90 Å². The first-order valence-electron chi connectivity index (χ1n) is 6.25. The van der Waals surface area contributed by atoms with Crippen molar-refractivity contribution in [2.24, 2.45) is 5.92 Å². The Morgan fingerprint density at radius 2 is 2.28 bits per heavy atom. The lowest BCUT2D eigenvalue weighted by molar-refractivity contribution is 0.0697. The number of hydrogen-bond acceptors (Lipinski definition) is 3. The zero-order valence-corrected chi connectivity index (χ0v) is 10.2. The molecule has 5 nitrogen and oxygen atoms in total. The van der Waals surface area contributed by atoms with Gasteiger partial charge in [0.15, 0.2) is 0 Å². The molecule has 94 valence electrons. The van der Waals surface area contributed by atoms with Crippen LogP contribution in [0.3, 0.4) is 0 Å². The summed E-state index contributed by atoms with van der Waals surface area (Å²) in [6.07, 6.45) is 3.49. The van der Waals surface area contributed by atoms with Crippen LogP contribution in [0.4, 0.5) is 0 Å². The van der Waals surface area contributed by atoms with E-state index in [4.69, 9.17) is 5.11 Å². The number of rotatable bonds is 2. The van der Waals surface area contributed by atoms with Crippen LogP contribution in [0.25, 0.3) is 11.0 Å². The van der Waals surface area contributed by atoms with Gasteiger partial charge in [-0.15, -0.1) is 5.10 Å². The van der Waals surface area contributed by atoms with Gasteiger partial charge in [-0.25, -0.2) is 9.48 Å². The van der Waals surface area contributed by atoms with E-state index in [1.165, 1.54) is 12.8 Å². The van der Waals surface area contributed by atoms with Gasteiger partial charge in [0.25, 0.3) is 0 Å². The highest BCUT2D eigenvalue weighted by molar-refractivity contribution is 5.92. The molecule has 0 amide bonds. The minimum Gasteiger partial charge on any atom is -0.478 e. The standard InChI is InChI=1S/C13H15N3O2/c1-8-3-2-4-11(8)16-12-7-9(13(17)18)5-6-10(12)14-15-16/h5-8,11H,2-4H2,1H3,(H,17,18). The monoisotopic (exact) mass is 245 g/mol. The highest BCUT2D eigenvalue weighted by atomic mass is 16.4. The topological polar surface area (TPSA) is 68.0 Å². The van der Waals surface area contributed by atoms with Gasteiger partial charge in [0.2, 0.25) is 0 Å². The molecule has 0 bridgehead atoms. The highest BCUT2D eigenvalue weighted by Gasteiger charge is 2.27. The summed E-state index contributed by atoms with van der Waals surface area (Å²) in [4.78, 5) is 11.0.